The van der Waals surface area contributed by atoms with Crippen molar-refractivity contribution in [3.63, 3.8) is 0 Å². The van der Waals surface area contributed by atoms with Crippen molar-refractivity contribution in [3.8, 4) is 11.1 Å². The minimum atomic E-state index is 0.586. The van der Waals surface area contributed by atoms with Crippen LogP contribution in [0.2, 0.25) is 0 Å². The van der Waals surface area contributed by atoms with E-state index in [1.165, 1.54) is 0 Å². The SMILES string of the molecule is C=C(c1ccccc1N)c1c(N)ccc(-c2ccc(N)cc2)c1C(=C)c1ccccc1N. The Balaban J connectivity index is 2.03. The molecule has 0 heterocycles. The Bertz CT molecular complexity index is 1330. The maximum absolute atomic E-state index is 6.54. The van der Waals surface area contributed by atoms with E-state index in [2.05, 4.69) is 13.2 Å². The fraction of sp³-hybridized carbons (Fsp3) is 0. The first kappa shape index (κ1) is 20.8. The van der Waals surface area contributed by atoms with Gasteiger partial charge in [-0.25, -0.2) is 0 Å². The number of rotatable bonds is 5. The molecule has 0 fully saturated rings. The van der Waals surface area contributed by atoms with Gasteiger partial charge in [-0.15, -0.1) is 0 Å². The van der Waals surface area contributed by atoms with Crippen LogP contribution in [0.15, 0.2) is 98.1 Å². The lowest BCUT2D eigenvalue weighted by Gasteiger charge is -2.22. The summed E-state index contributed by atoms with van der Waals surface area (Å²) in [5, 5.41) is 0. The highest BCUT2D eigenvalue weighted by atomic mass is 14.6. The standard InChI is InChI=1S/C28H26N4/c1-17(21-7-3-5-9-24(21)30)27-23(19-11-13-20(29)14-12-19)15-16-26(32)28(27)18(2)22-8-4-6-10-25(22)31/h3-16H,1-2,29-32H2. The van der Waals surface area contributed by atoms with Crippen LogP contribution in [0.3, 0.4) is 0 Å². The molecule has 0 amide bonds. The molecule has 0 aromatic heterocycles. The summed E-state index contributed by atoms with van der Waals surface area (Å²) in [7, 11) is 0. The van der Waals surface area contributed by atoms with Crippen molar-refractivity contribution in [2.45, 2.75) is 0 Å². The summed E-state index contributed by atoms with van der Waals surface area (Å²) in [4.78, 5) is 0. The maximum Gasteiger partial charge on any atom is 0.0400 e. The first-order valence-electron chi connectivity index (χ1n) is 10.2. The molecule has 4 aromatic carbocycles. The number of nitrogen functional groups attached to an aromatic ring is 4. The van der Waals surface area contributed by atoms with Gasteiger partial charge in [-0.3, -0.25) is 0 Å². The molecule has 0 saturated carbocycles. The van der Waals surface area contributed by atoms with Crippen LogP contribution in [0, 0.1) is 0 Å². The normalized spacial score (nSPS) is 10.6. The van der Waals surface area contributed by atoms with E-state index in [9.17, 15) is 0 Å². The smallest absolute Gasteiger partial charge is 0.0400 e. The van der Waals surface area contributed by atoms with Gasteiger partial charge in [0.2, 0.25) is 0 Å². The van der Waals surface area contributed by atoms with Gasteiger partial charge in [0.1, 0.15) is 0 Å². The lowest BCUT2D eigenvalue weighted by atomic mass is 9.82. The van der Waals surface area contributed by atoms with Gasteiger partial charge in [0.25, 0.3) is 0 Å². The Labute approximate surface area is 188 Å². The molecular formula is C28H26N4. The molecular weight excluding hydrogens is 392 g/mol. The molecule has 0 spiro atoms. The van der Waals surface area contributed by atoms with Crippen LogP contribution in [-0.2, 0) is 0 Å². The van der Waals surface area contributed by atoms with Crippen molar-refractivity contribution >= 4 is 33.9 Å². The van der Waals surface area contributed by atoms with E-state index < -0.39 is 0 Å². The molecule has 8 N–H and O–H groups in total. The highest BCUT2D eigenvalue weighted by Crippen LogP contribution is 2.43. The van der Waals surface area contributed by atoms with Crippen molar-refractivity contribution in [1.82, 2.24) is 0 Å². The molecule has 0 bridgehead atoms. The van der Waals surface area contributed by atoms with Gasteiger partial charge in [-0.1, -0.05) is 67.8 Å². The molecule has 4 rings (SSSR count). The van der Waals surface area contributed by atoms with E-state index in [-0.39, 0.29) is 0 Å². The second-order valence-corrected chi connectivity index (χ2v) is 7.71. The summed E-state index contributed by atoms with van der Waals surface area (Å²) in [5.41, 5.74) is 34.3. The monoisotopic (exact) mass is 418 g/mol. The molecule has 4 nitrogen and oxygen atoms in total. The number of benzene rings is 4. The van der Waals surface area contributed by atoms with E-state index in [4.69, 9.17) is 22.9 Å². The lowest BCUT2D eigenvalue weighted by molar-refractivity contribution is 1.48. The van der Waals surface area contributed by atoms with E-state index >= 15 is 0 Å². The molecule has 0 aliphatic rings. The third-order valence-corrected chi connectivity index (χ3v) is 5.63. The van der Waals surface area contributed by atoms with Gasteiger partial charge < -0.3 is 22.9 Å². The minimum absolute atomic E-state index is 0.586. The average molecular weight is 419 g/mol. The summed E-state index contributed by atoms with van der Waals surface area (Å²) >= 11 is 0. The van der Waals surface area contributed by atoms with Crippen LogP contribution in [0.1, 0.15) is 22.3 Å². The number of anilines is 4. The van der Waals surface area contributed by atoms with Gasteiger partial charge in [-0.2, -0.15) is 0 Å². The fourth-order valence-corrected chi connectivity index (χ4v) is 3.97. The lowest BCUT2D eigenvalue weighted by Crippen LogP contribution is -2.05. The van der Waals surface area contributed by atoms with E-state index in [0.29, 0.717) is 22.7 Å². The third kappa shape index (κ3) is 3.70. The van der Waals surface area contributed by atoms with Crippen LogP contribution in [-0.4, -0.2) is 0 Å². The molecule has 0 atom stereocenters. The summed E-state index contributed by atoms with van der Waals surface area (Å²) in [6, 6.07) is 26.9. The second kappa shape index (κ2) is 8.36. The van der Waals surface area contributed by atoms with Gasteiger partial charge in [0, 0.05) is 39.4 Å². The first-order valence-corrected chi connectivity index (χ1v) is 10.2. The largest absolute Gasteiger partial charge is 0.399 e. The van der Waals surface area contributed by atoms with Crippen LogP contribution < -0.4 is 22.9 Å². The highest BCUT2D eigenvalue weighted by Gasteiger charge is 2.21. The Morgan fingerprint density at radius 1 is 0.500 bits per heavy atom. The summed E-state index contributed by atoms with van der Waals surface area (Å²) in [6.07, 6.45) is 0. The van der Waals surface area contributed by atoms with Crippen molar-refractivity contribution in [2.75, 3.05) is 22.9 Å². The average Bonchev–Trinajstić information content (AvgIpc) is 2.79. The molecule has 32 heavy (non-hydrogen) atoms. The molecule has 0 saturated heterocycles. The summed E-state index contributed by atoms with van der Waals surface area (Å²) < 4.78 is 0. The van der Waals surface area contributed by atoms with Crippen molar-refractivity contribution < 1.29 is 0 Å². The summed E-state index contributed by atoms with van der Waals surface area (Å²) in [5.74, 6) is 0. The fourth-order valence-electron chi connectivity index (χ4n) is 3.97. The number of hydrogen-bond acceptors (Lipinski definition) is 4. The van der Waals surface area contributed by atoms with Crippen molar-refractivity contribution in [3.05, 3.63) is 120 Å². The van der Waals surface area contributed by atoms with Crippen LogP contribution in [0.4, 0.5) is 22.7 Å². The molecule has 0 unspecified atom stereocenters. The Kier molecular flexibility index (Phi) is 5.44. The van der Waals surface area contributed by atoms with E-state index in [1.807, 2.05) is 84.9 Å². The molecule has 4 heteroatoms. The number of para-hydroxylation sites is 2. The predicted octanol–water partition coefficient (Wildman–Crippen LogP) is 5.81. The highest BCUT2D eigenvalue weighted by molar-refractivity contribution is 6.02. The first-order chi connectivity index (χ1) is 15.4. The summed E-state index contributed by atoms with van der Waals surface area (Å²) in [6.45, 7) is 8.80. The zero-order chi connectivity index (χ0) is 22.8. The number of hydrogen-bond donors (Lipinski definition) is 4. The predicted molar refractivity (Wildman–Crippen MR) is 139 cm³/mol. The number of nitrogens with two attached hydrogens (primary N) is 4. The molecule has 158 valence electrons. The van der Waals surface area contributed by atoms with Crippen molar-refractivity contribution in [2.24, 2.45) is 0 Å². The van der Waals surface area contributed by atoms with Crippen LogP contribution >= 0.6 is 0 Å². The molecule has 0 radical (unpaired) electrons. The third-order valence-electron chi connectivity index (χ3n) is 5.63. The Morgan fingerprint density at radius 2 is 1.00 bits per heavy atom. The van der Waals surface area contributed by atoms with E-state index in [1.54, 1.807) is 0 Å². The van der Waals surface area contributed by atoms with Crippen LogP contribution in [0.5, 0.6) is 0 Å². The molecule has 0 aliphatic carbocycles. The second-order valence-electron chi connectivity index (χ2n) is 7.71. The topological polar surface area (TPSA) is 104 Å². The van der Waals surface area contributed by atoms with Gasteiger partial charge >= 0.3 is 0 Å². The van der Waals surface area contributed by atoms with Crippen molar-refractivity contribution in [1.29, 1.82) is 0 Å². The zero-order valence-corrected chi connectivity index (χ0v) is 17.8. The molecule has 0 aliphatic heterocycles. The van der Waals surface area contributed by atoms with Gasteiger partial charge in [-0.05, 0) is 58.2 Å². The van der Waals surface area contributed by atoms with Crippen LogP contribution in [0.25, 0.3) is 22.3 Å². The zero-order valence-electron chi connectivity index (χ0n) is 17.8. The maximum atomic E-state index is 6.54. The van der Waals surface area contributed by atoms with Gasteiger partial charge in [0.05, 0.1) is 0 Å². The Morgan fingerprint density at radius 3 is 1.53 bits per heavy atom. The quantitative estimate of drug-likeness (QED) is 0.307. The van der Waals surface area contributed by atoms with E-state index in [0.717, 1.165) is 44.5 Å². The minimum Gasteiger partial charge on any atom is -0.399 e. The Hall–Kier alpha value is -4.44. The van der Waals surface area contributed by atoms with Gasteiger partial charge in [0.15, 0.2) is 0 Å². The molecule has 4 aromatic rings.